The highest BCUT2D eigenvalue weighted by Gasteiger charge is 2.44. The van der Waals surface area contributed by atoms with Gasteiger partial charge in [0.2, 0.25) is 0 Å². The Morgan fingerprint density at radius 2 is 2.15 bits per heavy atom. The molecule has 1 heterocycles. The van der Waals surface area contributed by atoms with Gasteiger partial charge in [-0.2, -0.15) is 13.9 Å². The van der Waals surface area contributed by atoms with E-state index in [0.29, 0.717) is 23.2 Å². The van der Waals surface area contributed by atoms with Crippen molar-refractivity contribution in [3.8, 4) is 0 Å². The van der Waals surface area contributed by atoms with E-state index in [1.165, 1.54) is 12.3 Å². The average Bonchev–Trinajstić information content (AvgIpc) is 2.90. The number of hydrogen-bond acceptors (Lipinski definition) is 3. The van der Waals surface area contributed by atoms with Crippen molar-refractivity contribution in [1.29, 1.82) is 0 Å². The zero-order valence-electron chi connectivity index (χ0n) is 12.2. The Morgan fingerprint density at radius 3 is 2.65 bits per heavy atom. The van der Waals surface area contributed by atoms with Gasteiger partial charge in [0.15, 0.2) is 5.78 Å². The maximum atomic E-state index is 13.2. The van der Waals surface area contributed by atoms with Gasteiger partial charge in [-0.05, 0) is 25.8 Å². The minimum atomic E-state index is -3.06. The molecular weight excluding hydrogens is 264 g/mol. The lowest BCUT2D eigenvalue weighted by Gasteiger charge is -2.19. The Hall–Kier alpha value is -1.72. The van der Waals surface area contributed by atoms with Crippen molar-refractivity contribution in [2.75, 3.05) is 14.1 Å². The van der Waals surface area contributed by atoms with Gasteiger partial charge in [-0.3, -0.25) is 4.79 Å². The molecule has 0 spiro atoms. The van der Waals surface area contributed by atoms with E-state index >= 15 is 0 Å². The molecule has 0 N–H and O–H groups in total. The SMILES string of the molecule is CN(C)C=C1CCC(C)(c2ccn(C(C)(F)F)n2)C1=O. The molecule has 4 nitrogen and oxygen atoms in total. The van der Waals surface area contributed by atoms with Gasteiger partial charge < -0.3 is 4.90 Å². The highest BCUT2D eigenvalue weighted by atomic mass is 19.3. The number of hydrogen-bond donors (Lipinski definition) is 0. The van der Waals surface area contributed by atoms with E-state index in [1.807, 2.05) is 19.0 Å². The minimum absolute atomic E-state index is 0.0316. The quantitative estimate of drug-likeness (QED) is 0.800. The summed E-state index contributed by atoms with van der Waals surface area (Å²) in [6.07, 6.45) is 4.25. The zero-order valence-corrected chi connectivity index (χ0v) is 12.2. The van der Waals surface area contributed by atoms with Crippen LogP contribution in [0.4, 0.5) is 8.78 Å². The van der Waals surface area contributed by atoms with Gasteiger partial charge in [-0.15, -0.1) is 0 Å². The van der Waals surface area contributed by atoms with E-state index in [2.05, 4.69) is 5.10 Å². The second kappa shape index (κ2) is 4.68. The summed E-state index contributed by atoms with van der Waals surface area (Å²) < 4.78 is 27.1. The van der Waals surface area contributed by atoms with Crippen LogP contribution < -0.4 is 0 Å². The summed E-state index contributed by atoms with van der Waals surface area (Å²) in [6.45, 7) is 2.55. The van der Waals surface area contributed by atoms with Gasteiger partial charge in [-0.1, -0.05) is 0 Å². The summed E-state index contributed by atoms with van der Waals surface area (Å²) in [4.78, 5) is 14.3. The number of Topliss-reactive ketones (excluding diaryl/α,β-unsaturated/α-hetero) is 1. The Kier molecular flexibility index (Phi) is 3.44. The molecule has 6 heteroatoms. The lowest BCUT2D eigenvalue weighted by atomic mass is 9.84. The number of carbonyl (C=O) groups excluding carboxylic acids is 1. The largest absolute Gasteiger partial charge is 0.383 e. The standard InChI is InChI=1S/C14H19F2N3O/c1-13(7-5-10(12(13)20)9-18(3)4)11-6-8-19(17-11)14(2,15)16/h6,8-9H,5,7H2,1-4H3. The lowest BCUT2D eigenvalue weighted by molar-refractivity contribution is -0.119. The fourth-order valence-corrected chi connectivity index (χ4v) is 2.48. The van der Waals surface area contributed by atoms with Crippen molar-refractivity contribution < 1.29 is 13.6 Å². The van der Waals surface area contributed by atoms with Crippen molar-refractivity contribution in [3.05, 3.63) is 29.7 Å². The Morgan fingerprint density at radius 1 is 1.50 bits per heavy atom. The number of allylic oxidation sites excluding steroid dienone is 1. The molecule has 1 aromatic rings. The summed E-state index contributed by atoms with van der Waals surface area (Å²) in [6, 6.07) is -1.55. The second-order valence-electron chi connectivity index (χ2n) is 5.77. The minimum Gasteiger partial charge on any atom is -0.383 e. The van der Waals surface area contributed by atoms with Crippen LogP contribution in [0, 0.1) is 0 Å². The number of ketones is 1. The molecule has 0 aromatic carbocycles. The molecule has 0 bridgehead atoms. The monoisotopic (exact) mass is 283 g/mol. The zero-order chi connectivity index (χ0) is 15.1. The molecule has 1 aliphatic carbocycles. The molecule has 1 saturated carbocycles. The number of carbonyl (C=O) groups is 1. The van der Waals surface area contributed by atoms with E-state index in [0.717, 1.165) is 12.5 Å². The van der Waals surface area contributed by atoms with Crippen LogP contribution in [-0.4, -0.2) is 34.6 Å². The van der Waals surface area contributed by atoms with Crippen LogP contribution in [0.15, 0.2) is 24.0 Å². The van der Waals surface area contributed by atoms with Crippen LogP contribution in [0.5, 0.6) is 0 Å². The third-order valence-electron chi connectivity index (χ3n) is 3.66. The van der Waals surface area contributed by atoms with Gasteiger partial charge in [0.1, 0.15) is 0 Å². The van der Waals surface area contributed by atoms with Crippen LogP contribution in [-0.2, 0) is 16.3 Å². The normalized spacial score (nSPS) is 25.5. The average molecular weight is 283 g/mol. The molecule has 1 aromatic heterocycles. The molecule has 0 saturated heterocycles. The van der Waals surface area contributed by atoms with E-state index in [4.69, 9.17) is 0 Å². The fraction of sp³-hybridized carbons (Fsp3) is 0.571. The summed E-state index contributed by atoms with van der Waals surface area (Å²) in [5.74, 6) is -0.0316. The third-order valence-corrected chi connectivity index (χ3v) is 3.66. The van der Waals surface area contributed by atoms with E-state index in [1.54, 1.807) is 13.1 Å². The third kappa shape index (κ3) is 2.46. The Bertz CT molecular complexity index is 557. The molecule has 0 amide bonds. The lowest BCUT2D eigenvalue weighted by Crippen LogP contribution is -2.29. The Labute approximate surface area is 117 Å². The van der Waals surface area contributed by atoms with Crippen molar-refractivity contribution in [1.82, 2.24) is 14.7 Å². The van der Waals surface area contributed by atoms with Gasteiger partial charge in [0, 0.05) is 39.0 Å². The van der Waals surface area contributed by atoms with Gasteiger partial charge in [0.25, 0.3) is 0 Å². The first-order chi connectivity index (χ1) is 9.14. The molecule has 1 unspecified atom stereocenters. The topological polar surface area (TPSA) is 38.1 Å². The van der Waals surface area contributed by atoms with Gasteiger partial charge >= 0.3 is 6.05 Å². The molecule has 0 aliphatic heterocycles. The van der Waals surface area contributed by atoms with Crippen molar-refractivity contribution in [3.63, 3.8) is 0 Å². The highest BCUT2D eigenvalue weighted by molar-refractivity contribution is 6.05. The number of halogens is 2. The predicted molar refractivity (Wildman–Crippen MR) is 71.5 cm³/mol. The molecule has 110 valence electrons. The predicted octanol–water partition coefficient (Wildman–Crippen LogP) is 2.52. The van der Waals surface area contributed by atoms with Crippen molar-refractivity contribution >= 4 is 5.78 Å². The molecule has 2 rings (SSSR count). The summed E-state index contributed by atoms with van der Waals surface area (Å²) >= 11 is 0. The van der Waals surface area contributed by atoms with Crippen LogP contribution in [0.3, 0.4) is 0 Å². The first kappa shape index (κ1) is 14.7. The Balaban J connectivity index is 2.33. The molecular formula is C14H19F2N3O. The van der Waals surface area contributed by atoms with Crippen LogP contribution >= 0.6 is 0 Å². The molecule has 1 aliphatic rings. The number of rotatable bonds is 3. The fourth-order valence-electron chi connectivity index (χ4n) is 2.48. The maximum Gasteiger partial charge on any atom is 0.340 e. The van der Waals surface area contributed by atoms with Crippen LogP contribution in [0.1, 0.15) is 32.4 Å². The van der Waals surface area contributed by atoms with Gasteiger partial charge in [0.05, 0.1) is 11.1 Å². The highest BCUT2D eigenvalue weighted by Crippen LogP contribution is 2.40. The van der Waals surface area contributed by atoms with Gasteiger partial charge in [-0.25, -0.2) is 4.68 Å². The summed E-state index contributed by atoms with van der Waals surface area (Å²) in [5.41, 5.74) is 0.319. The van der Waals surface area contributed by atoms with E-state index in [9.17, 15) is 13.6 Å². The van der Waals surface area contributed by atoms with E-state index in [-0.39, 0.29) is 5.78 Å². The smallest absolute Gasteiger partial charge is 0.340 e. The number of nitrogens with zero attached hydrogens (tertiary/aromatic N) is 3. The summed E-state index contributed by atoms with van der Waals surface area (Å²) in [7, 11) is 3.70. The summed E-state index contributed by atoms with van der Waals surface area (Å²) in [5, 5.41) is 3.90. The number of alkyl halides is 2. The van der Waals surface area contributed by atoms with Crippen molar-refractivity contribution in [2.45, 2.75) is 38.2 Å². The maximum absolute atomic E-state index is 13.2. The van der Waals surface area contributed by atoms with E-state index < -0.39 is 11.5 Å². The second-order valence-corrected chi connectivity index (χ2v) is 5.77. The first-order valence-electron chi connectivity index (χ1n) is 6.51. The molecule has 1 fully saturated rings. The molecule has 1 atom stereocenters. The van der Waals surface area contributed by atoms with Crippen molar-refractivity contribution in [2.24, 2.45) is 0 Å². The van der Waals surface area contributed by atoms with Crippen LogP contribution in [0.25, 0.3) is 0 Å². The first-order valence-corrected chi connectivity index (χ1v) is 6.51. The molecule has 0 radical (unpaired) electrons. The van der Waals surface area contributed by atoms with Crippen LogP contribution in [0.2, 0.25) is 0 Å². The molecule has 20 heavy (non-hydrogen) atoms. The number of aromatic nitrogens is 2.